The SMILES string of the molecule is CC(C)(C)C(=O)c1cc2cc(OCCN3CCOCC3)ccc2[nH]1. The molecule has 24 heavy (non-hydrogen) atoms. The second kappa shape index (κ2) is 6.95. The molecule has 1 N–H and O–H groups in total. The molecule has 0 saturated carbocycles. The summed E-state index contributed by atoms with van der Waals surface area (Å²) >= 11 is 0. The van der Waals surface area contributed by atoms with Gasteiger partial charge in [-0.2, -0.15) is 0 Å². The molecule has 0 aliphatic carbocycles. The molecule has 130 valence electrons. The van der Waals surface area contributed by atoms with Gasteiger partial charge in [-0.1, -0.05) is 20.8 Å². The lowest BCUT2D eigenvalue weighted by Crippen LogP contribution is -2.38. The first-order chi connectivity index (χ1) is 11.4. The van der Waals surface area contributed by atoms with E-state index in [-0.39, 0.29) is 5.78 Å². The number of aromatic nitrogens is 1. The van der Waals surface area contributed by atoms with Crippen LogP contribution in [0.4, 0.5) is 0 Å². The van der Waals surface area contributed by atoms with Crippen LogP contribution in [-0.4, -0.2) is 55.1 Å². The van der Waals surface area contributed by atoms with E-state index in [0.29, 0.717) is 12.3 Å². The number of benzene rings is 1. The van der Waals surface area contributed by atoms with E-state index in [9.17, 15) is 4.79 Å². The second-order valence-corrected chi connectivity index (χ2v) is 7.31. The number of H-pyrrole nitrogens is 1. The zero-order chi connectivity index (χ0) is 17.2. The number of rotatable bonds is 5. The van der Waals surface area contributed by atoms with Crippen molar-refractivity contribution in [2.45, 2.75) is 20.8 Å². The summed E-state index contributed by atoms with van der Waals surface area (Å²) in [6, 6.07) is 7.82. The van der Waals surface area contributed by atoms with Crippen LogP contribution < -0.4 is 4.74 Å². The Morgan fingerprint density at radius 1 is 1.25 bits per heavy atom. The Morgan fingerprint density at radius 2 is 2.00 bits per heavy atom. The van der Waals surface area contributed by atoms with Crippen LogP contribution in [0.2, 0.25) is 0 Å². The molecule has 5 heteroatoms. The highest BCUT2D eigenvalue weighted by molar-refractivity contribution is 6.02. The highest BCUT2D eigenvalue weighted by Crippen LogP contribution is 2.26. The number of nitrogens with one attached hydrogen (secondary N) is 1. The molecule has 0 unspecified atom stereocenters. The lowest BCUT2D eigenvalue weighted by molar-refractivity contribution is 0.0322. The Hall–Kier alpha value is -1.85. The molecule has 5 nitrogen and oxygen atoms in total. The predicted octanol–water partition coefficient (Wildman–Crippen LogP) is 3.11. The van der Waals surface area contributed by atoms with Gasteiger partial charge < -0.3 is 14.5 Å². The number of Topliss-reactive ketones (excluding diaryl/α,β-unsaturated/α-hetero) is 1. The van der Waals surface area contributed by atoms with Crippen LogP contribution in [0.3, 0.4) is 0 Å². The predicted molar refractivity (Wildman–Crippen MR) is 94.8 cm³/mol. The highest BCUT2D eigenvalue weighted by Gasteiger charge is 2.24. The summed E-state index contributed by atoms with van der Waals surface area (Å²) in [4.78, 5) is 17.9. The van der Waals surface area contributed by atoms with E-state index >= 15 is 0 Å². The van der Waals surface area contributed by atoms with Crippen LogP contribution in [0.25, 0.3) is 10.9 Å². The first-order valence-electron chi connectivity index (χ1n) is 8.54. The van der Waals surface area contributed by atoms with Gasteiger partial charge in [0.25, 0.3) is 0 Å². The van der Waals surface area contributed by atoms with Gasteiger partial charge in [-0.15, -0.1) is 0 Å². The number of carbonyl (C=O) groups is 1. The average Bonchev–Trinajstić information content (AvgIpc) is 2.97. The van der Waals surface area contributed by atoms with Gasteiger partial charge in [0, 0.05) is 36.0 Å². The molecule has 3 rings (SSSR count). The number of ether oxygens (including phenoxy) is 2. The van der Waals surface area contributed by atoms with Crippen molar-refractivity contribution in [1.82, 2.24) is 9.88 Å². The minimum Gasteiger partial charge on any atom is -0.492 e. The number of fused-ring (bicyclic) bond motifs is 1. The van der Waals surface area contributed by atoms with E-state index in [1.54, 1.807) is 0 Å². The number of carbonyl (C=O) groups excluding carboxylic acids is 1. The van der Waals surface area contributed by atoms with Gasteiger partial charge in [0.1, 0.15) is 12.4 Å². The van der Waals surface area contributed by atoms with Crippen molar-refractivity contribution in [3.8, 4) is 5.75 Å². The Kier molecular flexibility index (Phi) is 4.92. The third-order valence-electron chi connectivity index (χ3n) is 4.30. The summed E-state index contributed by atoms with van der Waals surface area (Å²) in [6.45, 7) is 10.9. The molecule has 1 aromatic carbocycles. The maximum atomic E-state index is 12.4. The van der Waals surface area contributed by atoms with Gasteiger partial charge >= 0.3 is 0 Å². The van der Waals surface area contributed by atoms with E-state index in [1.807, 2.05) is 45.0 Å². The quantitative estimate of drug-likeness (QED) is 0.856. The fourth-order valence-corrected chi connectivity index (χ4v) is 2.84. The van der Waals surface area contributed by atoms with Crippen LogP contribution in [0, 0.1) is 5.41 Å². The smallest absolute Gasteiger partial charge is 0.184 e. The summed E-state index contributed by atoms with van der Waals surface area (Å²) in [5, 5.41) is 1.01. The van der Waals surface area contributed by atoms with Crippen LogP contribution in [0.1, 0.15) is 31.3 Å². The first kappa shape index (κ1) is 17.0. The van der Waals surface area contributed by atoms with Gasteiger partial charge in [-0.25, -0.2) is 0 Å². The van der Waals surface area contributed by atoms with E-state index in [4.69, 9.17) is 9.47 Å². The second-order valence-electron chi connectivity index (χ2n) is 7.31. The van der Waals surface area contributed by atoms with Crippen LogP contribution in [0.5, 0.6) is 5.75 Å². The molecular weight excluding hydrogens is 304 g/mol. The van der Waals surface area contributed by atoms with Gasteiger partial charge in [0.15, 0.2) is 5.78 Å². The monoisotopic (exact) mass is 330 g/mol. The summed E-state index contributed by atoms with van der Waals surface area (Å²) in [5.74, 6) is 0.956. The van der Waals surface area contributed by atoms with Crippen molar-refractivity contribution in [2.24, 2.45) is 5.41 Å². The number of hydrogen-bond donors (Lipinski definition) is 1. The van der Waals surface area contributed by atoms with Crippen molar-refractivity contribution in [2.75, 3.05) is 39.5 Å². The Labute approximate surface area is 142 Å². The Balaban J connectivity index is 1.64. The third kappa shape index (κ3) is 3.97. The van der Waals surface area contributed by atoms with E-state index in [2.05, 4.69) is 9.88 Å². The van der Waals surface area contributed by atoms with Crippen LogP contribution in [0.15, 0.2) is 24.3 Å². The Bertz CT molecular complexity index is 709. The molecule has 1 aliphatic heterocycles. The summed E-state index contributed by atoms with van der Waals surface area (Å²) in [7, 11) is 0. The largest absolute Gasteiger partial charge is 0.492 e. The van der Waals surface area contributed by atoms with Crippen molar-refractivity contribution >= 4 is 16.7 Å². The van der Waals surface area contributed by atoms with E-state index in [0.717, 1.165) is 49.5 Å². The van der Waals surface area contributed by atoms with Gasteiger partial charge in [-0.05, 0) is 24.3 Å². The van der Waals surface area contributed by atoms with Gasteiger partial charge in [0.05, 0.1) is 18.9 Å². The Morgan fingerprint density at radius 3 is 2.71 bits per heavy atom. The molecule has 1 aromatic heterocycles. The van der Waals surface area contributed by atoms with Gasteiger partial charge in [0.2, 0.25) is 0 Å². The minimum atomic E-state index is -0.391. The average molecular weight is 330 g/mol. The molecule has 0 amide bonds. The fraction of sp³-hybridized carbons (Fsp3) is 0.526. The van der Waals surface area contributed by atoms with Crippen LogP contribution in [-0.2, 0) is 4.74 Å². The number of morpholine rings is 1. The van der Waals surface area contributed by atoms with Crippen molar-refractivity contribution in [3.63, 3.8) is 0 Å². The fourth-order valence-electron chi connectivity index (χ4n) is 2.84. The zero-order valence-corrected chi connectivity index (χ0v) is 14.7. The molecule has 0 spiro atoms. The lowest BCUT2D eigenvalue weighted by Gasteiger charge is -2.26. The molecule has 0 atom stereocenters. The number of nitrogens with zero attached hydrogens (tertiary/aromatic N) is 1. The maximum Gasteiger partial charge on any atom is 0.184 e. The summed E-state index contributed by atoms with van der Waals surface area (Å²) < 4.78 is 11.2. The summed E-state index contributed by atoms with van der Waals surface area (Å²) in [5.41, 5.74) is 1.23. The number of aromatic amines is 1. The molecule has 0 bridgehead atoms. The van der Waals surface area contributed by atoms with Crippen molar-refractivity contribution in [1.29, 1.82) is 0 Å². The van der Waals surface area contributed by atoms with E-state index in [1.165, 1.54) is 0 Å². The molecule has 0 radical (unpaired) electrons. The summed E-state index contributed by atoms with van der Waals surface area (Å²) in [6.07, 6.45) is 0. The molecule has 1 aliphatic rings. The molecular formula is C19H26N2O3. The normalized spacial score (nSPS) is 16.5. The van der Waals surface area contributed by atoms with Crippen molar-refractivity contribution in [3.05, 3.63) is 30.0 Å². The van der Waals surface area contributed by atoms with Crippen LogP contribution >= 0.6 is 0 Å². The maximum absolute atomic E-state index is 12.4. The number of ketones is 1. The van der Waals surface area contributed by atoms with E-state index < -0.39 is 5.41 Å². The minimum absolute atomic E-state index is 0.119. The topological polar surface area (TPSA) is 54.6 Å². The molecule has 2 heterocycles. The molecule has 2 aromatic rings. The van der Waals surface area contributed by atoms with Gasteiger partial charge in [-0.3, -0.25) is 9.69 Å². The third-order valence-corrected chi connectivity index (χ3v) is 4.30. The highest BCUT2D eigenvalue weighted by atomic mass is 16.5. The standard InChI is InChI=1S/C19H26N2O3/c1-19(2,3)18(22)17-13-14-12-15(4-5-16(14)20-17)24-11-8-21-6-9-23-10-7-21/h4-5,12-13,20H,6-11H2,1-3H3. The molecule has 1 saturated heterocycles. The molecule has 1 fully saturated rings. The first-order valence-corrected chi connectivity index (χ1v) is 8.54. The zero-order valence-electron chi connectivity index (χ0n) is 14.7. The van der Waals surface area contributed by atoms with Crippen molar-refractivity contribution < 1.29 is 14.3 Å². The number of hydrogen-bond acceptors (Lipinski definition) is 4. The lowest BCUT2D eigenvalue weighted by atomic mass is 9.89.